The summed E-state index contributed by atoms with van der Waals surface area (Å²) in [7, 11) is 0. The van der Waals surface area contributed by atoms with Crippen molar-refractivity contribution in [2.24, 2.45) is 29.6 Å². The molecule has 0 spiro atoms. The summed E-state index contributed by atoms with van der Waals surface area (Å²) in [5.74, 6) is 5.48. The highest BCUT2D eigenvalue weighted by atomic mass is 16.6. The summed E-state index contributed by atoms with van der Waals surface area (Å²) in [6.07, 6.45) is 31.8. The molecule has 0 aromatic heterocycles. The Morgan fingerprint density at radius 1 is 0.754 bits per heavy atom. The van der Waals surface area contributed by atoms with Gasteiger partial charge in [0, 0.05) is 6.08 Å². The van der Waals surface area contributed by atoms with Crippen molar-refractivity contribution in [2.45, 2.75) is 128 Å². The maximum Gasteiger partial charge on any atom is 0.339 e. The lowest BCUT2D eigenvalue weighted by atomic mass is 9.67. The van der Waals surface area contributed by atoms with Gasteiger partial charge in [0.05, 0.1) is 36.2 Å². The van der Waals surface area contributed by atoms with E-state index in [2.05, 4.69) is 18.8 Å². The molecule has 0 heterocycles. The third kappa shape index (κ3) is 13.1. The lowest BCUT2D eigenvalue weighted by molar-refractivity contribution is -0.152. The van der Waals surface area contributed by atoms with Crippen molar-refractivity contribution in [2.75, 3.05) is 13.2 Å². The number of carbonyl (C=O) groups excluding carboxylic acids is 4. The summed E-state index contributed by atoms with van der Waals surface area (Å²) in [5.41, 5.74) is 0.515. The highest BCUT2D eigenvalue weighted by Crippen LogP contribution is 2.44. The van der Waals surface area contributed by atoms with Crippen LogP contribution in [0.15, 0.2) is 54.6 Å². The van der Waals surface area contributed by atoms with Gasteiger partial charge in [0.1, 0.15) is 5.75 Å². The van der Waals surface area contributed by atoms with Crippen molar-refractivity contribution in [1.29, 1.82) is 0 Å². The number of esters is 4. The van der Waals surface area contributed by atoms with Crippen LogP contribution in [-0.4, -0.2) is 42.7 Å². The number of rotatable bonds is 17. The molecule has 3 aliphatic carbocycles. The zero-order valence-electron chi connectivity index (χ0n) is 33.7. The van der Waals surface area contributed by atoms with E-state index in [9.17, 15) is 19.2 Å². The first-order valence-electron chi connectivity index (χ1n) is 21.3. The lowest BCUT2D eigenvalue weighted by Gasteiger charge is -2.41. The first-order valence-corrected chi connectivity index (χ1v) is 21.3. The van der Waals surface area contributed by atoms with E-state index in [0.717, 1.165) is 30.2 Å². The summed E-state index contributed by atoms with van der Waals surface area (Å²) in [6, 6.07) is 14.1. The molecule has 0 bridgehead atoms. The molecular formula is C49H60O8. The van der Waals surface area contributed by atoms with Crippen LogP contribution >= 0.6 is 0 Å². The molecule has 0 atom stereocenters. The molecule has 0 radical (unpaired) electrons. The number of terminal acetylenes is 2. The Bertz CT molecular complexity index is 1740. The largest absolute Gasteiger partial charge is 0.465 e. The van der Waals surface area contributed by atoms with E-state index < -0.39 is 23.5 Å². The molecule has 8 heteroatoms. The van der Waals surface area contributed by atoms with E-state index >= 15 is 0 Å². The molecule has 0 N–H and O–H groups in total. The van der Waals surface area contributed by atoms with E-state index in [1.54, 1.807) is 12.1 Å². The fourth-order valence-electron chi connectivity index (χ4n) is 8.78. The van der Waals surface area contributed by atoms with Crippen LogP contribution in [0.5, 0.6) is 5.75 Å². The van der Waals surface area contributed by atoms with Crippen LogP contribution in [0.25, 0.3) is 6.08 Å². The molecule has 0 amide bonds. The van der Waals surface area contributed by atoms with Gasteiger partial charge in [-0.3, -0.25) is 9.59 Å². The molecule has 2 aromatic carbocycles. The second-order valence-electron chi connectivity index (χ2n) is 16.3. The van der Waals surface area contributed by atoms with Gasteiger partial charge in [-0.15, -0.1) is 12.8 Å². The second-order valence-corrected chi connectivity index (χ2v) is 16.3. The summed E-state index contributed by atoms with van der Waals surface area (Å²) < 4.78 is 22.4. The van der Waals surface area contributed by atoms with Crippen LogP contribution in [0.3, 0.4) is 0 Å². The lowest BCUT2D eigenvalue weighted by Crippen LogP contribution is -2.39. The van der Waals surface area contributed by atoms with Gasteiger partial charge in [-0.05, 0) is 125 Å². The average molecular weight is 777 g/mol. The van der Waals surface area contributed by atoms with Gasteiger partial charge in [0.15, 0.2) is 5.60 Å². The van der Waals surface area contributed by atoms with Gasteiger partial charge in [-0.2, -0.15) is 0 Å². The number of ether oxygens (including phenoxy) is 4. The topological polar surface area (TPSA) is 105 Å². The summed E-state index contributed by atoms with van der Waals surface area (Å²) in [6.45, 7) is 2.74. The van der Waals surface area contributed by atoms with Crippen LogP contribution in [0.4, 0.5) is 0 Å². The maximum absolute atomic E-state index is 13.4. The van der Waals surface area contributed by atoms with Crippen LogP contribution in [0.2, 0.25) is 0 Å². The molecule has 0 unspecified atom stereocenters. The van der Waals surface area contributed by atoms with E-state index in [0.29, 0.717) is 57.3 Å². The van der Waals surface area contributed by atoms with Crippen molar-refractivity contribution < 1.29 is 38.1 Å². The minimum absolute atomic E-state index is 0.200. The molecule has 3 fully saturated rings. The quantitative estimate of drug-likeness (QED) is 0.0391. The van der Waals surface area contributed by atoms with Gasteiger partial charge in [0.2, 0.25) is 0 Å². The average Bonchev–Trinajstić information content (AvgIpc) is 3.25. The fraction of sp³-hybridized carbons (Fsp3) is 0.551. The predicted octanol–water partition coefficient (Wildman–Crippen LogP) is 10.1. The van der Waals surface area contributed by atoms with Gasteiger partial charge >= 0.3 is 23.9 Å². The molecule has 0 saturated heterocycles. The van der Waals surface area contributed by atoms with Crippen molar-refractivity contribution >= 4 is 30.0 Å². The molecular weight excluding hydrogens is 717 g/mol. The Balaban J connectivity index is 0.993. The molecule has 3 aliphatic rings. The molecule has 304 valence electrons. The number of unbranched alkanes of at least 4 members (excludes halogenated alkanes) is 3. The van der Waals surface area contributed by atoms with Crippen LogP contribution < -0.4 is 4.74 Å². The normalized spacial score (nSPS) is 24.7. The van der Waals surface area contributed by atoms with Gasteiger partial charge < -0.3 is 18.9 Å². The Morgan fingerprint density at radius 3 is 2.05 bits per heavy atom. The molecule has 2 aromatic rings. The second kappa shape index (κ2) is 22.2. The van der Waals surface area contributed by atoms with Crippen molar-refractivity contribution in [3.8, 4) is 30.4 Å². The molecule has 8 nitrogen and oxygen atoms in total. The van der Waals surface area contributed by atoms with Gasteiger partial charge in [-0.1, -0.05) is 87.6 Å². The Morgan fingerprint density at radius 2 is 1.40 bits per heavy atom. The van der Waals surface area contributed by atoms with Gasteiger partial charge in [0.25, 0.3) is 0 Å². The zero-order valence-corrected chi connectivity index (χ0v) is 33.7. The first-order chi connectivity index (χ1) is 27.7. The summed E-state index contributed by atoms with van der Waals surface area (Å²) >= 11 is 0. The number of hydrogen-bond donors (Lipinski definition) is 0. The minimum Gasteiger partial charge on any atom is -0.465 e. The third-order valence-electron chi connectivity index (χ3n) is 12.4. The Kier molecular flexibility index (Phi) is 16.9. The highest BCUT2D eigenvalue weighted by Gasteiger charge is 2.40. The molecule has 5 rings (SSSR count). The SMILES string of the molecule is C#Cc1cc(C(=O)OC2(C#C)CCC(C3CCC(CCCCC)CC3)CC2)ccc1OC(=O)C1CCC(C(=O)OCCCCOC(=O)/C=C/c2ccccc2)CC1. The van der Waals surface area contributed by atoms with E-state index in [1.165, 1.54) is 69.6 Å². The highest BCUT2D eigenvalue weighted by molar-refractivity contribution is 5.91. The monoisotopic (exact) mass is 776 g/mol. The van der Waals surface area contributed by atoms with Crippen molar-refractivity contribution in [1.82, 2.24) is 0 Å². The van der Waals surface area contributed by atoms with E-state index in [4.69, 9.17) is 31.8 Å². The van der Waals surface area contributed by atoms with E-state index in [-0.39, 0.29) is 47.9 Å². The van der Waals surface area contributed by atoms with Crippen LogP contribution in [0, 0.1) is 54.3 Å². The predicted molar refractivity (Wildman–Crippen MR) is 221 cm³/mol. The number of carbonyl (C=O) groups is 4. The number of benzene rings is 2. The fourth-order valence-corrected chi connectivity index (χ4v) is 8.78. The molecule has 57 heavy (non-hydrogen) atoms. The maximum atomic E-state index is 13.4. The van der Waals surface area contributed by atoms with Crippen molar-refractivity contribution in [3.63, 3.8) is 0 Å². The summed E-state index contributed by atoms with van der Waals surface area (Å²) in [5, 5.41) is 0. The van der Waals surface area contributed by atoms with E-state index in [1.807, 2.05) is 30.3 Å². The van der Waals surface area contributed by atoms with Crippen LogP contribution in [-0.2, 0) is 28.6 Å². The third-order valence-corrected chi connectivity index (χ3v) is 12.4. The zero-order chi connectivity index (χ0) is 40.5. The van der Waals surface area contributed by atoms with Crippen LogP contribution in [0.1, 0.15) is 144 Å². The smallest absolute Gasteiger partial charge is 0.339 e. The summed E-state index contributed by atoms with van der Waals surface area (Å²) in [4.78, 5) is 51.1. The Hall–Kier alpha value is -4.82. The first kappa shape index (κ1) is 43.3. The van der Waals surface area contributed by atoms with Gasteiger partial charge in [-0.25, -0.2) is 9.59 Å². The minimum atomic E-state index is -0.935. The Labute approximate surface area is 339 Å². The molecule has 0 aliphatic heterocycles. The van der Waals surface area contributed by atoms with Crippen molar-refractivity contribution in [3.05, 3.63) is 71.3 Å². The number of hydrogen-bond acceptors (Lipinski definition) is 8. The molecule has 3 saturated carbocycles. The standard InChI is InChI=1S/C49H60O8/c1-4-7-9-14-37-17-20-39(21-18-37)40-29-31-49(6-3,32-30-40)57-48(53)43-26-27-44(38(5-2)35-43)56-47(52)42-24-22-41(23-25-42)46(51)55-34-13-12-33-54-45(50)28-19-36-15-10-8-11-16-36/h2-3,8,10-11,15-16,19,26-28,35,37,39-42H,4,7,9,12-14,17-18,20-25,29-34H2,1H3/b28-19+.